The summed E-state index contributed by atoms with van der Waals surface area (Å²) in [5.41, 5.74) is 1.75. The molecule has 0 aliphatic rings. The molecule has 26 heavy (non-hydrogen) atoms. The maximum Gasteiger partial charge on any atom is 0.291 e. The van der Waals surface area contributed by atoms with Crippen molar-refractivity contribution in [2.75, 3.05) is 5.32 Å². The van der Waals surface area contributed by atoms with E-state index in [0.717, 1.165) is 12.0 Å². The number of sulfone groups is 1. The molecule has 0 saturated carbocycles. The molecular formula is C19H16ClNO4S. The van der Waals surface area contributed by atoms with Crippen LogP contribution in [-0.2, 0) is 16.3 Å². The van der Waals surface area contributed by atoms with Crippen LogP contribution in [0.4, 0.5) is 5.69 Å². The highest BCUT2D eigenvalue weighted by Gasteiger charge is 2.23. The first-order chi connectivity index (χ1) is 12.4. The first kappa shape index (κ1) is 18.2. The van der Waals surface area contributed by atoms with E-state index in [1.807, 2.05) is 19.1 Å². The van der Waals surface area contributed by atoms with Gasteiger partial charge in [0.1, 0.15) is 0 Å². The standard InChI is InChI=1S/C19H16ClNO4S/c1-2-13-3-7-15(8-4-13)21-19(22)17-11-12-18(25-17)26(23,24)16-9-5-14(20)6-10-16/h3-12H,2H2,1H3,(H,21,22). The number of hydrogen-bond donors (Lipinski definition) is 1. The number of aryl methyl sites for hydroxylation is 1. The highest BCUT2D eigenvalue weighted by Crippen LogP contribution is 2.24. The molecule has 0 spiro atoms. The molecule has 1 amide bonds. The van der Waals surface area contributed by atoms with E-state index in [2.05, 4.69) is 5.32 Å². The maximum atomic E-state index is 12.5. The van der Waals surface area contributed by atoms with Crippen LogP contribution in [0.3, 0.4) is 0 Å². The zero-order chi connectivity index (χ0) is 18.7. The molecule has 7 heteroatoms. The van der Waals surface area contributed by atoms with Gasteiger partial charge in [-0.2, -0.15) is 0 Å². The number of halogens is 1. The van der Waals surface area contributed by atoms with E-state index in [0.29, 0.717) is 10.7 Å². The summed E-state index contributed by atoms with van der Waals surface area (Å²) >= 11 is 5.78. The van der Waals surface area contributed by atoms with Crippen LogP contribution in [0, 0.1) is 0 Å². The van der Waals surface area contributed by atoms with Gasteiger partial charge < -0.3 is 9.73 Å². The summed E-state index contributed by atoms with van der Waals surface area (Å²) in [6.07, 6.45) is 0.901. The predicted molar refractivity (Wildman–Crippen MR) is 99.4 cm³/mol. The molecule has 134 valence electrons. The van der Waals surface area contributed by atoms with Crippen molar-refractivity contribution in [3.05, 3.63) is 77.0 Å². The van der Waals surface area contributed by atoms with Crippen LogP contribution in [0.1, 0.15) is 23.0 Å². The average Bonchev–Trinajstić information content (AvgIpc) is 3.14. The van der Waals surface area contributed by atoms with Crippen LogP contribution in [-0.4, -0.2) is 14.3 Å². The number of hydrogen-bond acceptors (Lipinski definition) is 4. The van der Waals surface area contributed by atoms with Gasteiger partial charge in [0.15, 0.2) is 5.76 Å². The maximum absolute atomic E-state index is 12.5. The lowest BCUT2D eigenvalue weighted by Gasteiger charge is -2.04. The Kier molecular flexibility index (Phi) is 5.15. The first-order valence-corrected chi connectivity index (χ1v) is 9.77. The largest absolute Gasteiger partial charge is 0.439 e. The minimum absolute atomic E-state index is 0.0402. The Labute approximate surface area is 156 Å². The smallest absolute Gasteiger partial charge is 0.291 e. The molecule has 0 aliphatic carbocycles. The molecular weight excluding hydrogens is 374 g/mol. The zero-order valence-corrected chi connectivity index (χ0v) is 15.5. The van der Waals surface area contributed by atoms with Crippen LogP contribution < -0.4 is 5.32 Å². The number of benzene rings is 2. The zero-order valence-electron chi connectivity index (χ0n) is 13.9. The van der Waals surface area contributed by atoms with E-state index in [4.69, 9.17) is 16.0 Å². The number of nitrogens with one attached hydrogen (secondary N) is 1. The fourth-order valence-corrected chi connectivity index (χ4v) is 3.63. The van der Waals surface area contributed by atoms with Crippen LogP contribution in [0.25, 0.3) is 0 Å². The van der Waals surface area contributed by atoms with Crippen molar-refractivity contribution in [1.29, 1.82) is 0 Å². The Morgan fingerprint density at radius 1 is 1.00 bits per heavy atom. The van der Waals surface area contributed by atoms with Gasteiger partial charge in [0.2, 0.25) is 14.9 Å². The summed E-state index contributed by atoms with van der Waals surface area (Å²) in [7, 11) is -3.86. The molecule has 1 aromatic heterocycles. The van der Waals surface area contributed by atoms with Crippen molar-refractivity contribution in [3.63, 3.8) is 0 Å². The van der Waals surface area contributed by atoms with E-state index in [1.165, 1.54) is 36.4 Å². The molecule has 0 fully saturated rings. The second-order valence-electron chi connectivity index (χ2n) is 5.58. The third-order valence-corrected chi connectivity index (χ3v) is 5.71. The highest BCUT2D eigenvalue weighted by molar-refractivity contribution is 7.91. The summed E-state index contributed by atoms with van der Waals surface area (Å²) in [4.78, 5) is 12.3. The topological polar surface area (TPSA) is 76.4 Å². The number of rotatable bonds is 5. The number of anilines is 1. The average molecular weight is 390 g/mol. The van der Waals surface area contributed by atoms with Crippen LogP contribution >= 0.6 is 11.6 Å². The monoisotopic (exact) mass is 389 g/mol. The van der Waals surface area contributed by atoms with Crippen molar-refractivity contribution in [3.8, 4) is 0 Å². The number of carbonyl (C=O) groups excluding carboxylic acids is 1. The Morgan fingerprint density at radius 2 is 1.65 bits per heavy atom. The molecule has 3 aromatic rings. The van der Waals surface area contributed by atoms with Gasteiger partial charge in [-0.05, 0) is 60.5 Å². The van der Waals surface area contributed by atoms with Gasteiger partial charge in [-0.25, -0.2) is 8.42 Å². The molecule has 2 aromatic carbocycles. The molecule has 0 unspecified atom stereocenters. The van der Waals surface area contributed by atoms with Crippen LogP contribution in [0.2, 0.25) is 5.02 Å². The molecule has 0 radical (unpaired) electrons. The lowest BCUT2D eigenvalue weighted by Crippen LogP contribution is -2.11. The van der Waals surface area contributed by atoms with Gasteiger partial charge in [0, 0.05) is 10.7 Å². The van der Waals surface area contributed by atoms with E-state index in [9.17, 15) is 13.2 Å². The molecule has 0 bridgehead atoms. The molecule has 1 N–H and O–H groups in total. The second-order valence-corrected chi connectivity index (χ2v) is 7.90. The number of amides is 1. The van der Waals surface area contributed by atoms with Crippen molar-refractivity contribution in [2.24, 2.45) is 0 Å². The Morgan fingerprint density at radius 3 is 2.27 bits per heavy atom. The lowest BCUT2D eigenvalue weighted by molar-refractivity contribution is 0.0991. The van der Waals surface area contributed by atoms with Crippen molar-refractivity contribution < 1.29 is 17.6 Å². The van der Waals surface area contributed by atoms with Gasteiger partial charge in [-0.15, -0.1) is 0 Å². The fourth-order valence-electron chi connectivity index (χ4n) is 2.33. The van der Waals surface area contributed by atoms with Crippen molar-refractivity contribution in [1.82, 2.24) is 0 Å². The number of furan rings is 1. The van der Waals surface area contributed by atoms with E-state index in [-0.39, 0.29) is 15.7 Å². The summed E-state index contributed by atoms with van der Waals surface area (Å²) < 4.78 is 30.4. The summed E-state index contributed by atoms with van der Waals surface area (Å²) in [6.45, 7) is 2.04. The van der Waals surface area contributed by atoms with E-state index in [1.54, 1.807) is 12.1 Å². The molecule has 1 heterocycles. The first-order valence-electron chi connectivity index (χ1n) is 7.91. The predicted octanol–water partition coefficient (Wildman–Crippen LogP) is 4.58. The highest BCUT2D eigenvalue weighted by atomic mass is 35.5. The van der Waals surface area contributed by atoms with E-state index >= 15 is 0 Å². The van der Waals surface area contributed by atoms with Gasteiger partial charge in [0.25, 0.3) is 5.91 Å². The third kappa shape index (κ3) is 3.81. The minimum atomic E-state index is -3.86. The van der Waals surface area contributed by atoms with Crippen molar-refractivity contribution in [2.45, 2.75) is 23.3 Å². The summed E-state index contributed by atoms with van der Waals surface area (Å²) in [5, 5.41) is 2.81. The SMILES string of the molecule is CCc1ccc(NC(=O)c2ccc(S(=O)(=O)c3ccc(Cl)cc3)o2)cc1. The Hall–Kier alpha value is -2.57. The molecule has 5 nitrogen and oxygen atoms in total. The normalized spacial score (nSPS) is 11.3. The van der Waals surface area contributed by atoms with E-state index < -0.39 is 15.7 Å². The van der Waals surface area contributed by atoms with Gasteiger partial charge in [-0.3, -0.25) is 4.79 Å². The van der Waals surface area contributed by atoms with Crippen LogP contribution in [0.15, 0.2) is 75.1 Å². The van der Waals surface area contributed by atoms with Gasteiger partial charge >= 0.3 is 0 Å². The molecule has 3 rings (SSSR count). The molecule has 0 aliphatic heterocycles. The van der Waals surface area contributed by atoms with Gasteiger partial charge in [-0.1, -0.05) is 30.7 Å². The quantitative estimate of drug-likeness (QED) is 0.692. The minimum Gasteiger partial charge on any atom is -0.439 e. The third-order valence-electron chi connectivity index (χ3n) is 3.81. The lowest BCUT2D eigenvalue weighted by atomic mass is 10.1. The van der Waals surface area contributed by atoms with Crippen LogP contribution in [0.5, 0.6) is 0 Å². The fraction of sp³-hybridized carbons (Fsp3) is 0.105. The van der Waals surface area contributed by atoms with Gasteiger partial charge in [0.05, 0.1) is 4.90 Å². The Bertz CT molecular complexity index is 1020. The molecule has 0 atom stereocenters. The second kappa shape index (κ2) is 7.35. The summed E-state index contributed by atoms with van der Waals surface area (Å²) in [6, 6.07) is 15.7. The summed E-state index contributed by atoms with van der Waals surface area (Å²) in [5.74, 6) is -0.607. The Balaban J connectivity index is 1.80. The van der Waals surface area contributed by atoms with Crippen molar-refractivity contribution >= 4 is 33.0 Å². The number of carbonyl (C=O) groups is 1. The molecule has 0 saturated heterocycles.